The molecule has 0 spiro atoms. The third-order valence-electron chi connectivity index (χ3n) is 4.65. The van der Waals surface area contributed by atoms with Gasteiger partial charge in [0.05, 0.1) is 30.8 Å². The summed E-state index contributed by atoms with van der Waals surface area (Å²) in [5.41, 5.74) is 3.99. The molecule has 1 aliphatic rings. The van der Waals surface area contributed by atoms with E-state index in [1.54, 1.807) is 7.11 Å². The molecular weight excluding hydrogens is 332 g/mol. The van der Waals surface area contributed by atoms with Crippen molar-refractivity contribution >= 4 is 11.5 Å². The van der Waals surface area contributed by atoms with Crippen molar-refractivity contribution < 1.29 is 9.47 Å². The molecule has 0 bridgehead atoms. The molecule has 8 heteroatoms. The van der Waals surface area contributed by atoms with Crippen molar-refractivity contribution in [1.29, 1.82) is 0 Å². The maximum absolute atomic E-state index is 5.46. The maximum Gasteiger partial charge on any atom is 0.181 e. The molecule has 0 saturated carbocycles. The van der Waals surface area contributed by atoms with E-state index in [2.05, 4.69) is 25.6 Å². The third-order valence-corrected chi connectivity index (χ3v) is 4.65. The molecule has 0 aliphatic carbocycles. The second-order valence-electron chi connectivity index (χ2n) is 6.43. The normalized spacial score (nSPS) is 15.1. The minimum Gasteiger partial charge on any atom is -0.385 e. The van der Waals surface area contributed by atoms with Gasteiger partial charge in [-0.25, -0.2) is 9.97 Å². The smallest absolute Gasteiger partial charge is 0.181 e. The lowest BCUT2D eigenvalue weighted by atomic mass is 10.2. The van der Waals surface area contributed by atoms with Crippen LogP contribution in [0.5, 0.6) is 0 Å². The quantitative estimate of drug-likeness (QED) is 0.627. The second-order valence-corrected chi connectivity index (χ2v) is 6.43. The van der Waals surface area contributed by atoms with Crippen molar-refractivity contribution in [1.82, 2.24) is 24.1 Å². The van der Waals surface area contributed by atoms with Crippen LogP contribution in [0.2, 0.25) is 0 Å². The molecular formula is C18H24N6O2. The lowest BCUT2D eigenvalue weighted by Crippen LogP contribution is -2.37. The molecule has 0 aromatic carbocycles. The number of rotatable bonds is 6. The Hall–Kier alpha value is -2.45. The molecule has 3 aromatic heterocycles. The molecule has 0 unspecified atom stereocenters. The van der Waals surface area contributed by atoms with E-state index in [1.807, 2.05) is 30.2 Å². The minimum atomic E-state index is 0.726. The van der Waals surface area contributed by atoms with Crippen LogP contribution >= 0.6 is 0 Å². The van der Waals surface area contributed by atoms with Crippen LogP contribution in [-0.2, 0) is 16.0 Å². The van der Waals surface area contributed by atoms with Crippen LogP contribution in [0.1, 0.15) is 12.1 Å². The molecule has 26 heavy (non-hydrogen) atoms. The Kier molecular flexibility index (Phi) is 4.85. The summed E-state index contributed by atoms with van der Waals surface area (Å²) in [6, 6.07) is 0. The number of aryl methyl sites for hydroxylation is 2. The Labute approximate surface area is 152 Å². The first-order valence-corrected chi connectivity index (χ1v) is 8.96. The lowest BCUT2D eigenvalue weighted by molar-refractivity contribution is 0.122. The van der Waals surface area contributed by atoms with Crippen molar-refractivity contribution in [3.05, 3.63) is 30.5 Å². The van der Waals surface area contributed by atoms with Gasteiger partial charge >= 0.3 is 0 Å². The first-order chi connectivity index (χ1) is 12.8. The van der Waals surface area contributed by atoms with Gasteiger partial charge in [0.15, 0.2) is 11.5 Å². The molecule has 1 saturated heterocycles. The van der Waals surface area contributed by atoms with Gasteiger partial charge in [-0.15, -0.1) is 0 Å². The van der Waals surface area contributed by atoms with E-state index >= 15 is 0 Å². The molecule has 4 rings (SSSR count). The number of morpholine rings is 1. The van der Waals surface area contributed by atoms with Crippen molar-refractivity contribution in [3.63, 3.8) is 0 Å². The Morgan fingerprint density at radius 1 is 1.27 bits per heavy atom. The summed E-state index contributed by atoms with van der Waals surface area (Å²) in [5, 5.41) is 4.48. The van der Waals surface area contributed by atoms with E-state index in [4.69, 9.17) is 14.5 Å². The molecule has 0 radical (unpaired) electrons. The SMILES string of the molecule is COCCCn1cc(-c2c(C)nc3c(N4CCOCC4)nccn23)cn1. The molecule has 138 valence electrons. The number of hydrogen-bond acceptors (Lipinski definition) is 6. The average Bonchev–Trinajstić information content (AvgIpc) is 3.25. The summed E-state index contributed by atoms with van der Waals surface area (Å²) in [4.78, 5) is 11.6. The van der Waals surface area contributed by atoms with Gasteiger partial charge in [0, 0.05) is 57.5 Å². The van der Waals surface area contributed by atoms with Crippen molar-refractivity contribution in [2.75, 3.05) is 44.9 Å². The fraction of sp³-hybridized carbons (Fsp3) is 0.500. The van der Waals surface area contributed by atoms with Gasteiger partial charge in [0.2, 0.25) is 0 Å². The number of fused-ring (bicyclic) bond motifs is 1. The average molecular weight is 356 g/mol. The van der Waals surface area contributed by atoms with E-state index in [0.717, 1.165) is 74.3 Å². The lowest BCUT2D eigenvalue weighted by Gasteiger charge is -2.27. The molecule has 3 aromatic rings. The first kappa shape index (κ1) is 17.0. The Morgan fingerprint density at radius 3 is 2.92 bits per heavy atom. The van der Waals surface area contributed by atoms with Crippen LogP contribution in [0, 0.1) is 6.92 Å². The largest absolute Gasteiger partial charge is 0.385 e. The summed E-state index contributed by atoms with van der Waals surface area (Å²) in [5.74, 6) is 0.914. The minimum absolute atomic E-state index is 0.726. The van der Waals surface area contributed by atoms with Crippen LogP contribution in [0.25, 0.3) is 16.9 Å². The monoisotopic (exact) mass is 356 g/mol. The predicted octanol–water partition coefficient (Wildman–Crippen LogP) is 1.77. The highest BCUT2D eigenvalue weighted by Gasteiger charge is 2.20. The standard InChI is InChI=1S/C18H24N6O2/c1-14-16(15-12-20-23(13-15)5-3-9-25-2)24-6-4-19-17(18(24)21-14)22-7-10-26-11-8-22/h4,6,12-13H,3,5,7-11H2,1-2H3. The van der Waals surface area contributed by atoms with E-state index in [1.165, 1.54) is 0 Å². The van der Waals surface area contributed by atoms with E-state index in [9.17, 15) is 0 Å². The predicted molar refractivity (Wildman–Crippen MR) is 98.5 cm³/mol. The van der Waals surface area contributed by atoms with Crippen LogP contribution in [0.15, 0.2) is 24.8 Å². The van der Waals surface area contributed by atoms with Crippen LogP contribution in [0.3, 0.4) is 0 Å². The van der Waals surface area contributed by atoms with Crippen LogP contribution in [-0.4, -0.2) is 64.2 Å². The van der Waals surface area contributed by atoms with E-state index in [-0.39, 0.29) is 0 Å². The summed E-state index contributed by atoms with van der Waals surface area (Å²) in [7, 11) is 1.72. The molecule has 1 fully saturated rings. The maximum atomic E-state index is 5.46. The summed E-state index contributed by atoms with van der Waals surface area (Å²) >= 11 is 0. The molecule has 4 heterocycles. The van der Waals surface area contributed by atoms with Gasteiger partial charge in [0.25, 0.3) is 0 Å². The molecule has 8 nitrogen and oxygen atoms in total. The highest BCUT2D eigenvalue weighted by atomic mass is 16.5. The number of hydrogen-bond donors (Lipinski definition) is 0. The number of nitrogens with zero attached hydrogens (tertiary/aromatic N) is 6. The summed E-state index contributed by atoms with van der Waals surface area (Å²) < 4.78 is 14.6. The van der Waals surface area contributed by atoms with Crippen molar-refractivity contribution in [2.24, 2.45) is 0 Å². The van der Waals surface area contributed by atoms with E-state index < -0.39 is 0 Å². The van der Waals surface area contributed by atoms with Gasteiger partial charge in [-0.3, -0.25) is 9.08 Å². The highest BCUT2D eigenvalue weighted by molar-refractivity contribution is 5.73. The fourth-order valence-corrected chi connectivity index (χ4v) is 3.40. The second kappa shape index (κ2) is 7.43. The summed E-state index contributed by atoms with van der Waals surface area (Å²) in [6.07, 6.45) is 8.72. The first-order valence-electron chi connectivity index (χ1n) is 8.96. The number of ether oxygens (including phenoxy) is 2. The Balaban J connectivity index is 1.69. The van der Waals surface area contributed by atoms with Gasteiger partial charge in [-0.05, 0) is 13.3 Å². The fourth-order valence-electron chi connectivity index (χ4n) is 3.40. The zero-order valence-electron chi connectivity index (χ0n) is 15.3. The number of imidazole rings is 1. The number of anilines is 1. The topological polar surface area (TPSA) is 69.7 Å². The number of methoxy groups -OCH3 is 1. The summed E-state index contributed by atoms with van der Waals surface area (Å²) in [6.45, 7) is 6.74. The van der Waals surface area contributed by atoms with Gasteiger partial charge in [-0.2, -0.15) is 5.10 Å². The zero-order chi connectivity index (χ0) is 17.9. The third kappa shape index (κ3) is 3.17. The highest BCUT2D eigenvalue weighted by Crippen LogP contribution is 2.28. The Bertz CT molecular complexity index is 881. The Morgan fingerprint density at radius 2 is 2.12 bits per heavy atom. The van der Waals surface area contributed by atoms with Gasteiger partial charge in [0.1, 0.15) is 0 Å². The zero-order valence-corrected chi connectivity index (χ0v) is 15.3. The molecule has 0 N–H and O–H groups in total. The number of aromatic nitrogens is 5. The van der Waals surface area contributed by atoms with Crippen molar-refractivity contribution in [2.45, 2.75) is 19.9 Å². The molecule has 1 aliphatic heterocycles. The van der Waals surface area contributed by atoms with Crippen molar-refractivity contribution in [3.8, 4) is 11.3 Å². The molecule has 0 atom stereocenters. The van der Waals surface area contributed by atoms with Gasteiger partial charge in [-0.1, -0.05) is 0 Å². The van der Waals surface area contributed by atoms with Crippen LogP contribution in [0.4, 0.5) is 5.82 Å². The van der Waals surface area contributed by atoms with Gasteiger partial charge < -0.3 is 14.4 Å². The van der Waals surface area contributed by atoms with E-state index in [0.29, 0.717) is 0 Å². The van der Waals surface area contributed by atoms with Crippen LogP contribution < -0.4 is 4.90 Å². The molecule has 0 amide bonds.